The maximum atomic E-state index is 12.1. The van der Waals surface area contributed by atoms with Crippen LogP contribution in [0.4, 0.5) is 0 Å². The van der Waals surface area contributed by atoms with E-state index in [0.717, 1.165) is 5.56 Å². The molecule has 0 aliphatic carbocycles. The number of rotatable bonds is 5. The number of hydrogen-bond acceptors (Lipinski definition) is 5. The Morgan fingerprint density at radius 2 is 1.92 bits per heavy atom. The molecule has 0 atom stereocenters. The van der Waals surface area contributed by atoms with Crippen molar-refractivity contribution in [2.45, 2.75) is 13.3 Å². The Morgan fingerprint density at radius 3 is 2.71 bits per heavy atom. The Bertz CT molecular complexity index is 844. The minimum absolute atomic E-state index is 0.000783. The summed E-state index contributed by atoms with van der Waals surface area (Å²) in [5, 5.41) is 20.6. The highest BCUT2D eigenvalue weighted by atomic mass is 16.4. The van der Waals surface area contributed by atoms with E-state index in [1.807, 2.05) is 30.3 Å². The molecule has 1 amide bonds. The van der Waals surface area contributed by atoms with E-state index >= 15 is 0 Å². The average molecular weight is 323 g/mol. The third-order valence-electron chi connectivity index (χ3n) is 3.59. The third-order valence-corrected chi connectivity index (χ3v) is 3.59. The summed E-state index contributed by atoms with van der Waals surface area (Å²) in [6.45, 7) is 2.08. The van der Waals surface area contributed by atoms with Crippen LogP contribution in [0.2, 0.25) is 0 Å². The smallest absolute Gasteiger partial charge is 0.255 e. The van der Waals surface area contributed by atoms with Crippen LogP contribution < -0.4 is 5.32 Å². The highest BCUT2D eigenvalue weighted by Gasteiger charge is 2.13. The minimum Gasteiger partial charge on any atom is -0.507 e. The first-order valence-electron chi connectivity index (χ1n) is 7.60. The number of nitrogens with zero attached hydrogens (tertiary/aromatic N) is 2. The Labute approximate surface area is 139 Å². The number of hydrogen-bond donors (Lipinski definition) is 2. The predicted molar refractivity (Wildman–Crippen MR) is 88.6 cm³/mol. The third kappa shape index (κ3) is 3.43. The Kier molecular flexibility index (Phi) is 4.56. The quantitative estimate of drug-likeness (QED) is 0.754. The Balaban J connectivity index is 1.58. The highest BCUT2D eigenvalue weighted by Crippen LogP contribution is 2.21. The molecular formula is C18H17N3O3. The molecule has 3 rings (SSSR count). The van der Waals surface area contributed by atoms with Crippen LogP contribution in [0.15, 0.2) is 52.9 Å². The van der Waals surface area contributed by atoms with E-state index in [-0.39, 0.29) is 17.2 Å². The number of aromatic nitrogens is 2. The van der Waals surface area contributed by atoms with Crippen LogP contribution in [0.25, 0.3) is 11.5 Å². The predicted octanol–water partition coefficient (Wildman–Crippen LogP) is 2.72. The molecule has 24 heavy (non-hydrogen) atoms. The molecule has 0 fully saturated rings. The fourth-order valence-electron chi connectivity index (χ4n) is 2.27. The van der Waals surface area contributed by atoms with E-state index in [0.29, 0.717) is 30.3 Å². The van der Waals surface area contributed by atoms with Crippen molar-refractivity contribution in [2.24, 2.45) is 0 Å². The fourth-order valence-corrected chi connectivity index (χ4v) is 2.27. The van der Waals surface area contributed by atoms with Crippen molar-refractivity contribution in [1.82, 2.24) is 15.5 Å². The Morgan fingerprint density at radius 1 is 1.12 bits per heavy atom. The van der Waals surface area contributed by atoms with Gasteiger partial charge in [-0.2, -0.15) is 0 Å². The molecular weight excluding hydrogens is 306 g/mol. The summed E-state index contributed by atoms with van der Waals surface area (Å²) in [6, 6.07) is 14.5. The number of nitrogens with one attached hydrogen (secondary N) is 1. The first kappa shape index (κ1) is 15.7. The molecule has 0 aliphatic rings. The summed E-state index contributed by atoms with van der Waals surface area (Å²) in [4.78, 5) is 12.1. The lowest BCUT2D eigenvalue weighted by molar-refractivity contribution is 0.0951. The Hall–Kier alpha value is -3.15. The monoisotopic (exact) mass is 323 g/mol. The van der Waals surface area contributed by atoms with Crippen LogP contribution in [-0.4, -0.2) is 27.8 Å². The van der Waals surface area contributed by atoms with Gasteiger partial charge in [-0.25, -0.2) is 0 Å². The van der Waals surface area contributed by atoms with Gasteiger partial charge in [0.1, 0.15) is 5.75 Å². The van der Waals surface area contributed by atoms with Crippen LogP contribution in [0.5, 0.6) is 5.75 Å². The van der Waals surface area contributed by atoms with Crippen LogP contribution in [0.3, 0.4) is 0 Å². The molecule has 6 nitrogen and oxygen atoms in total. The van der Waals surface area contributed by atoms with E-state index in [2.05, 4.69) is 15.5 Å². The van der Waals surface area contributed by atoms with Gasteiger partial charge in [0, 0.05) is 18.5 Å². The number of phenols is 1. The van der Waals surface area contributed by atoms with Gasteiger partial charge in [-0.3, -0.25) is 4.79 Å². The molecule has 0 saturated carbocycles. The van der Waals surface area contributed by atoms with E-state index in [1.165, 1.54) is 0 Å². The topological polar surface area (TPSA) is 88.3 Å². The first-order chi connectivity index (χ1) is 11.6. The lowest BCUT2D eigenvalue weighted by Gasteiger charge is -2.07. The summed E-state index contributed by atoms with van der Waals surface area (Å²) in [5.41, 5.74) is 1.77. The molecule has 0 unspecified atom stereocenters. The normalized spacial score (nSPS) is 10.5. The van der Waals surface area contributed by atoms with E-state index < -0.39 is 0 Å². The molecule has 0 radical (unpaired) electrons. The molecule has 0 bridgehead atoms. The zero-order chi connectivity index (χ0) is 16.9. The number of aryl methyl sites for hydroxylation is 1. The minimum atomic E-state index is -0.334. The van der Waals surface area contributed by atoms with Crippen molar-refractivity contribution in [2.75, 3.05) is 6.54 Å². The molecule has 1 aromatic heterocycles. The summed E-state index contributed by atoms with van der Waals surface area (Å²) in [6.07, 6.45) is 0.415. The van der Waals surface area contributed by atoms with Gasteiger partial charge in [-0.15, -0.1) is 10.2 Å². The molecule has 2 aromatic carbocycles. The second-order valence-corrected chi connectivity index (χ2v) is 5.34. The zero-order valence-electron chi connectivity index (χ0n) is 13.2. The highest BCUT2D eigenvalue weighted by molar-refractivity contribution is 5.97. The number of carbonyl (C=O) groups excluding carboxylic acids is 1. The standard InChI is InChI=1S/C18H17N3O3/c1-12-6-5-9-14(16(12)22)17(23)19-11-10-15-20-21-18(24-15)13-7-3-2-4-8-13/h2-9,22H,10-11H2,1H3,(H,19,23). The van der Waals surface area contributed by atoms with Crippen molar-refractivity contribution in [3.63, 3.8) is 0 Å². The average Bonchev–Trinajstić information content (AvgIpc) is 3.07. The summed E-state index contributed by atoms with van der Waals surface area (Å²) >= 11 is 0. The fraction of sp³-hybridized carbons (Fsp3) is 0.167. The molecule has 6 heteroatoms. The number of benzene rings is 2. The van der Waals surface area contributed by atoms with Crippen LogP contribution in [0.1, 0.15) is 21.8 Å². The van der Waals surface area contributed by atoms with Crippen LogP contribution in [0, 0.1) is 6.92 Å². The van der Waals surface area contributed by atoms with Gasteiger partial charge in [-0.05, 0) is 30.7 Å². The van der Waals surface area contributed by atoms with Gasteiger partial charge >= 0.3 is 0 Å². The van der Waals surface area contributed by atoms with Gasteiger partial charge in [0.25, 0.3) is 5.91 Å². The van der Waals surface area contributed by atoms with E-state index in [4.69, 9.17) is 4.42 Å². The van der Waals surface area contributed by atoms with Crippen LogP contribution in [-0.2, 0) is 6.42 Å². The summed E-state index contributed by atoms with van der Waals surface area (Å²) in [5.74, 6) is 0.564. The number of amides is 1. The molecule has 3 aromatic rings. The number of carbonyl (C=O) groups is 1. The molecule has 1 heterocycles. The van der Waals surface area contributed by atoms with Crippen molar-refractivity contribution in [3.8, 4) is 17.2 Å². The van der Waals surface area contributed by atoms with E-state index in [9.17, 15) is 9.90 Å². The van der Waals surface area contributed by atoms with Gasteiger partial charge in [0.2, 0.25) is 11.8 Å². The summed E-state index contributed by atoms with van der Waals surface area (Å²) < 4.78 is 5.58. The number of para-hydroxylation sites is 1. The van der Waals surface area contributed by atoms with Crippen LogP contribution >= 0.6 is 0 Å². The SMILES string of the molecule is Cc1cccc(C(=O)NCCc2nnc(-c3ccccc3)o2)c1O. The van der Waals surface area contributed by atoms with Gasteiger partial charge in [-0.1, -0.05) is 30.3 Å². The van der Waals surface area contributed by atoms with Gasteiger partial charge < -0.3 is 14.8 Å². The lowest BCUT2D eigenvalue weighted by Crippen LogP contribution is -2.25. The second-order valence-electron chi connectivity index (χ2n) is 5.34. The number of phenolic OH excluding ortho intramolecular Hbond substituents is 1. The number of aromatic hydroxyl groups is 1. The molecule has 0 spiro atoms. The van der Waals surface area contributed by atoms with Gasteiger partial charge in [0.05, 0.1) is 5.56 Å². The molecule has 2 N–H and O–H groups in total. The van der Waals surface area contributed by atoms with Crippen molar-refractivity contribution < 1.29 is 14.3 Å². The van der Waals surface area contributed by atoms with Crippen molar-refractivity contribution in [3.05, 3.63) is 65.5 Å². The molecule has 0 aliphatic heterocycles. The molecule has 0 saturated heterocycles. The second kappa shape index (κ2) is 6.95. The molecule has 122 valence electrons. The zero-order valence-corrected chi connectivity index (χ0v) is 13.2. The maximum absolute atomic E-state index is 12.1. The van der Waals surface area contributed by atoms with E-state index in [1.54, 1.807) is 25.1 Å². The van der Waals surface area contributed by atoms with Crippen molar-refractivity contribution >= 4 is 5.91 Å². The maximum Gasteiger partial charge on any atom is 0.255 e. The largest absolute Gasteiger partial charge is 0.507 e. The summed E-state index contributed by atoms with van der Waals surface area (Å²) in [7, 11) is 0. The first-order valence-corrected chi connectivity index (χ1v) is 7.60. The lowest BCUT2D eigenvalue weighted by atomic mass is 10.1. The van der Waals surface area contributed by atoms with Crippen molar-refractivity contribution in [1.29, 1.82) is 0 Å². The van der Waals surface area contributed by atoms with Gasteiger partial charge in [0.15, 0.2) is 0 Å².